The Morgan fingerprint density at radius 1 is 1.62 bits per heavy atom. The molecule has 0 radical (unpaired) electrons. The Bertz CT molecular complexity index is 427. The topological polar surface area (TPSA) is 67.1 Å². The number of alkyl halides is 3. The number of nitrogens with zero attached hydrogens (tertiary/aromatic N) is 2. The van der Waals surface area contributed by atoms with Crippen LogP contribution in [0.3, 0.4) is 0 Å². The van der Waals surface area contributed by atoms with Crippen molar-refractivity contribution in [3.63, 3.8) is 0 Å². The molecule has 0 bridgehead atoms. The Balaban J connectivity index is 2.24. The van der Waals surface area contributed by atoms with Crippen molar-refractivity contribution in [2.24, 2.45) is 0 Å². The van der Waals surface area contributed by atoms with Crippen molar-refractivity contribution >= 4 is 11.9 Å². The van der Waals surface area contributed by atoms with Crippen LogP contribution in [0, 0.1) is 0 Å². The van der Waals surface area contributed by atoms with Gasteiger partial charge in [0, 0.05) is 12.7 Å². The number of nitrogens with one attached hydrogen (secondary N) is 1. The van der Waals surface area contributed by atoms with Gasteiger partial charge in [0.25, 0.3) is 0 Å². The van der Waals surface area contributed by atoms with E-state index in [1.165, 1.54) is 10.8 Å². The van der Waals surface area contributed by atoms with Crippen LogP contribution in [-0.2, 0) is 6.54 Å². The van der Waals surface area contributed by atoms with E-state index in [0.717, 1.165) is 0 Å². The Kier molecular flexibility index (Phi) is 2.28. The van der Waals surface area contributed by atoms with Crippen LogP contribution in [-0.4, -0.2) is 32.8 Å². The molecule has 0 aromatic carbocycles. The lowest BCUT2D eigenvalue weighted by Gasteiger charge is -2.26. The number of hydrogen-bond acceptors (Lipinski definition) is 3. The number of halogens is 3. The highest BCUT2D eigenvalue weighted by Crippen LogP contribution is 2.29. The molecule has 8 heteroatoms. The van der Waals surface area contributed by atoms with Gasteiger partial charge in [-0.15, -0.1) is 0 Å². The van der Waals surface area contributed by atoms with E-state index >= 15 is 0 Å². The second-order valence-electron chi connectivity index (χ2n) is 3.48. The zero-order valence-corrected chi connectivity index (χ0v) is 7.95. The molecule has 1 aromatic rings. The number of aryl methyl sites for hydroxylation is 1. The Labute approximate surface area is 87.9 Å². The molecule has 2 rings (SSSR count). The lowest BCUT2D eigenvalue weighted by atomic mass is 10.2. The van der Waals surface area contributed by atoms with Crippen molar-refractivity contribution in [1.29, 1.82) is 0 Å². The largest absolute Gasteiger partial charge is 0.476 e. The fourth-order valence-electron chi connectivity index (χ4n) is 1.55. The molecule has 5 nitrogen and oxygen atoms in total. The first-order valence-electron chi connectivity index (χ1n) is 4.51. The standard InChI is InChI=1S/C8H8F3N3O2/c9-8(10,11)5-1-2-14-3-4(6(15)16)12-7(14)13-5/h3,5H,1-2H2,(H,12,13)(H,15,16)/t5-/m1/s1. The van der Waals surface area contributed by atoms with Gasteiger partial charge in [-0.05, 0) is 6.42 Å². The third kappa shape index (κ3) is 1.82. The molecule has 0 saturated heterocycles. The molecule has 0 saturated carbocycles. The average molecular weight is 235 g/mol. The third-order valence-electron chi connectivity index (χ3n) is 2.35. The molecule has 88 valence electrons. The summed E-state index contributed by atoms with van der Waals surface area (Å²) < 4.78 is 38.5. The summed E-state index contributed by atoms with van der Waals surface area (Å²) in [7, 11) is 0. The number of imidazole rings is 1. The fraction of sp³-hybridized carbons (Fsp3) is 0.500. The van der Waals surface area contributed by atoms with Gasteiger partial charge in [-0.2, -0.15) is 13.2 Å². The molecule has 0 unspecified atom stereocenters. The van der Waals surface area contributed by atoms with Gasteiger partial charge in [-0.3, -0.25) is 0 Å². The number of aromatic nitrogens is 2. The van der Waals surface area contributed by atoms with Gasteiger partial charge < -0.3 is 15.0 Å². The Morgan fingerprint density at radius 3 is 2.88 bits per heavy atom. The second-order valence-corrected chi connectivity index (χ2v) is 3.48. The molecule has 1 aliphatic heterocycles. The van der Waals surface area contributed by atoms with Gasteiger partial charge in [-0.25, -0.2) is 9.78 Å². The van der Waals surface area contributed by atoms with Crippen LogP contribution < -0.4 is 5.32 Å². The molecule has 2 N–H and O–H groups in total. The molecule has 16 heavy (non-hydrogen) atoms. The van der Waals surface area contributed by atoms with Crippen molar-refractivity contribution in [3.8, 4) is 0 Å². The van der Waals surface area contributed by atoms with Crippen LogP contribution in [0.4, 0.5) is 19.1 Å². The van der Waals surface area contributed by atoms with E-state index in [2.05, 4.69) is 10.3 Å². The van der Waals surface area contributed by atoms with Gasteiger partial charge >= 0.3 is 12.1 Å². The minimum absolute atomic E-state index is 0.0500. The summed E-state index contributed by atoms with van der Waals surface area (Å²) >= 11 is 0. The SMILES string of the molecule is O=C(O)c1cn2c(n1)N[C@@H](C(F)(F)F)CC2. The highest BCUT2D eigenvalue weighted by molar-refractivity contribution is 5.85. The summed E-state index contributed by atoms with van der Waals surface area (Å²) in [5.41, 5.74) is -0.259. The Hall–Kier alpha value is -1.73. The number of rotatable bonds is 1. The van der Waals surface area contributed by atoms with Gasteiger partial charge in [0.2, 0.25) is 5.95 Å². The summed E-state index contributed by atoms with van der Waals surface area (Å²) in [5.74, 6) is -1.31. The Morgan fingerprint density at radius 2 is 2.31 bits per heavy atom. The van der Waals surface area contributed by atoms with Crippen LogP contribution in [0.5, 0.6) is 0 Å². The minimum Gasteiger partial charge on any atom is -0.476 e. The van der Waals surface area contributed by atoms with E-state index in [9.17, 15) is 18.0 Å². The smallest absolute Gasteiger partial charge is 0.408 e. The van der Waals surface area contributed by atoms with Crippen molar-refractivity contribution < 1.29 is 23.1 Å². The van der Waals surface area contributed by atoms with E-state index in [4.69, 9.17) is 5.11 Å². The number of aromatic carboxylic acids is 1. The van der Waals surface area contributed by atoms with Crippen LogP contribution in [0.1, 0.15) is 16.9 Å². The number of fused-ring (bicyclic) bond motifs is 1. The summed E-state index contributed by atoms with van der Waals surface area (Å²) in [5, 5.41) is 10.8. The molecule has 1 atom stereocenters. The minimum atomic E-state index is -4.35. The van der Waals surface area contributed by atoms with E-state index < -0.39 is 18.2 Å². The first-order chi connectivity index (χ1) is 7.38. The number of carbonyl (C=O) groups is 1. The van der Waals surface area contributed by atoms with Gasteiger partial charge in [0.1, 0.15) is 6.04 Å². The summed E-state index contributed by atoms with van der Waals surface area (Å²) in [4.78, 5) is 14.1. The lowest BCUT2D eigenvalue weighted by Crippen LogP contribution is -2.40. The van der Waals surface area contributed by atoms with Crippen molar-refractivity contribution in [2.45, 2.75) is 25.2 Å². The average Bonchev–Trinajstić information content (AvgIpc) is 2.58. The van der Waals surface area contributed by atoms with Crippen molar-refractivity contribution in [2.75, 3.05) is 5.32 Å². The third-order valence-corrected chi connectivity index (χ3v) is 2.35. The normalized spacial score (nSPS) is 20.1. The summed E-state index contributed by atoms with van der Waals surface area (Å²) in [6.45, 7) is 0.104. The molecule has 2 heterocycles. The van der Waals surface area contributed by atoms with Gasteiger partial charge in [-0.1, -0.05) is 0 Å². The van der Waals surface area contributed by atoms with Crippen molar-refractivity contribution in [1.82, 2.24) is 9.55 Å². The highest BCUT2D eigenvalue weighted by Gasteiger charge is 2.41. The molecule has 1 aromatic heterocycles. The van der Waals surface area contributed by atoms with E-state index in [1.54, 1.807) is 0 Å². The maximum atomic E-state index is 12.4. The summed E-state index contributed by atoms with van der Waals surface area (Å²) in [6, 6.07) is -1.66. The molecular weight excluding hydrogens is 227 g/mol. The second kappa shape index (κ2) is 3.39. The van der Waals surface area contributed by atoms with Crippen LogP contribution >= 0.6 is 0 Å². The van der Waals surface area contributed by atoms with Crippen LogP contribution in [0.15, 0.2) is 6.20 Å². The van der Waals surface area contributed by atoms with E-state index in [0.29, 0.717) is 0 Å². The van der Waals surface area contributed by atoms with Gasteiger partial charge in [0.05, 0.1) is 0 Å². The van der Waals surface area contributed by atoms with E-state index in [-0.39, 0.29) is 24.6 Å². The van der Waals surface area contributed by atoms with Crippen LogP contribution in [0.25, 0.3) is 0 Å². The number of carboxylic acids is 1. The predicted molar refractivity (Wildman–Crippen MR) is 47.3 cm³/mol. The first kappa shape index (κ1) is 10.8. The lowest BCUT2D eigenvalue weighted by molar-refractivity contribution is -0.145. The fourth-order valence-corrected chi connectivity index (χ4v) is 1.55. The number of hydrogen-bond donors (Lipinski definition) is 2. The molecule has 0 amide bonds. The summed E-state index contributed by atoms with van der Waals surface area (Å²) in [6.07, 6.45) is -3.26. The highest BCUT2D eigenvalue weighted by atomic mass is 19.4. The molecule has 0 aliphatic carbocycles. The molecule has 0 fully saturated rings. The zero-order chi connectivity index (χ0) is 11.9. The van der Waals surface area contributed by atoms with Gasteiger partial charge in [0.15, 0.2) is 5.69 Å². The maximum Gasteiger partial charge on any atom is 0.408 e. The van der Waals surface area contributed by atoms with Crippen molar-refractivity contribution in [3.05, 3.63) is 11.9 Å². The molecule has 1 aliphatic rings. The first-order valence-corrected chi connectivity index (χ1v) is 4.51. The predicted octanol–water partition coefficient (Wildman–Crippen LogP) is 1.33. The van der Waals surface area contributed by atoms with E-state index in [1.807, 2.05) is 0 Å². The zero-order valence-electron chi connectivity index (χ0n) is 7.95. The number of carboxylic acid groups (broad SMARTS) is 1. The maximum absolute atomic E-state index is 12.4. The monoisotopic (exact) mass is 235 g/mol. The number of anilines is 1. The van der Waals surface area contributed by atoms with Crippen LogP contribution in [0.2, 0.25) is 0 Å². The molecular formula is C8H8F3N3O2. The quantitative estimate of drug-likeness (QED) is 0.770. The molecule has 0 spiro atoms.